The van der Waals surface area contributed by atoms with Crippen LogP contribution in [0.2, 0.25) is 0 Å². The van der Waals surface area contributed by atoms with Crippen LogP contribution in [0, 0.1) is 5.82 Å². The Hall–Kier alpha value is -2.10. The van der Waals surface area contributed by atoms with Gasteiger partial charge in [-0.05, 0) is 30.2 Å². The molecule has 26 heavy (non-hydrogen) atoms. The molecule has 2 aliphatic rings. The molecule has 3 rings (SSSR count). The van der Waals surface area contributed by atoms with Crippen molar-refractivity contribution in [3.05, 3.63) is 35.7 Å². The van der Waals surface area contributed by atoms with Gasteiger partial charge in [0, 0.05) is 18.2 Å². The van der Waals surface area contributed by atoms with E-state index < -0.39 is 28.6 Å². The number of cyclic esters (lactones) is 1. The molecule has 0 aromatic heterocycles. The molecule has 0 spiro atoms. The van der Waals surface area contributed by atoms with Gasteiger partial charge < -0.3 is 10.1 Å². The highest BCUT2D eigenvalue weighted by Gasteiger charge is 2.33. The number of benzene rings is 1. The van der Waals surface area contributed by atoms with E-state index in [-0.39, 0.29) is 30.5 Å². The van der Waals surface area contributed by atoms with Gasteiger partial charge in [-0.3, -0.25) is 18.8 Å². The zero-order valence-corrected chi connectivity index (χ0v) is 15.1. The zero-order valence-electron chi connectivity index (χ0n) is 14.3. The topological polar surface area (TPSA) is 99.1 Å². The van der Waals surface area contributed by atoms with Crippen molar-refractivity contribution in [1.29, 1.82) is 0 Å². The molecule has 1 fully saturated rings. The van der Waals surface area contributed by atoms with Crippen molar-refractivity contribution in [1.82, 2.24) is 5.32 Å². The maximum absolute atomic E-state index is 14.6. The van der Waals surface area contributed by atoms with Crippen LogP contribution in [0.5, 0.6) is 0 Å². The van der Waals surface area contributed by atoms with Gasteiger partial charge in [-0.15, -0.1) is 0 Å². The van der Waals surface area contributed by atoms with Gasteiger partial charge in [0.25, 0.3) is 0 Å². The van der Waals surface area contributed by atoms with Gasteiger partial charge in [0.2, 0.25) is 5.91 Å². The third-order valence-electron chi connectivity index (χ3n) is 4.36. The van der Waals surface area contributed by atoms with Crippen molar-refractivity contribution in [2.24, 2.45) is 0 Å². The van der Waals surface area contributed by atoms with Gasteiger partial charge in [0.1, 0.15) is 11.9 Å². The fraction of sp³-hybridized carbons (Fsp3) is 0.412. The normalized spacial score (nSPS) is 23.2. The van der Waals surface area contributed by atoms with Gasteiger partial charge in [0.05, 0.1) is 24.5 Å². The number of anilines is 1. The number of nitrogens with one attached hydrogen (secondary N) is 1. The maximum Gasteiger partial charge on any atom is 0.414 e. The van der Waals surface area contributed by atoms with E-state index in [2.05, 4.69) is 5.32 Å². The van der Waals surface area contributed by atoms with E-state index in [1.54, 1.807) is 18.2 Å². The predicted molar refractivity (Wildman–Crippen MR) is 97.9 cm³/mol. The molecule has 0 unspecified atom stereocenters. The van der Waals surface area contributed by atoms with E-state index in [0.29, 0.717) is 17.7 Å². The molecule has 2 heterocycles. The van der Waals surface area contributed by atoms with E-state index >= 15 is 0 Å². The molecule has 1 aromatic carbocycles. The number of halogens is 1. The molecule has 0 aliphatic carbocycles. The lowest BCUT2D eigenvalue weighted by atomic mass is 10.0. The fourth-order valence-corrected chi connectivity index (χ4v) is 4.15. The zero-order chi connectivity index (χ0) is 18.9. The number of nitrogens with zero attached hydrogens (tertiary/aromatic N) is 1. The van der Waals surface area contributed by atoms with Crippen molar-refractivity contribution in [2.75, 3.05) is 29.5 Å². The van der Waals surface area contributed by atoms with Crippen LogP contribution in [0.1, 0.15) is 18.9 Å². The largest absolute Gasteiger partial charge is 0.442 e. The summed E-state index contributed by atoms with van der Waals surface area (Å²) in [5.41, 5.74) is 1.50. The molecular weight excluding hydrogens is 363 g/mol. The fourth-order valence-electron chi connectivity index (χ4n) is 2.97. The third-order valence-corrected chi connectivity index (χ3v) is 5.92. The maximum atomic E-state index is 14.6. The molecule has 2 amide bonds. The summed E-state index contributed by atoms with van der Waals surface area (Å²) in [6.07, 6.45) is 0.979. The van der Waals surface area contributed by atoms with E-state index in [0.717, 1.165) is 5.57 Å². The van der Waals surface area contributed by atoms with Crippen molar-refractivity contribution in [3.8, 4) is 0 Å². The second-order valence-corrected chi connectivity index (χ2v) is 8.72. The molecule has 2 aliphatic heterocycles. The Morgan fingerprint density at radius 3 is 2.85 bits per heavy atom. The van der Waals surface area contributed by atoms with Gasteiger partial charge in [-0.2, -0.15) is 10.6 Å². The van der Waals surface area contributed by atoms with E-state index in [1.165, 1.54) is 17.9 Å². The highest BCUT2D eigenvalue weighted by Crippen LogP contribution is 2.45. The van der Waals surface area contributed by atoms with Crippen molar-refractivity contribution in [2.45, 2.75) is 19.4 Å². The van der Waals surface area contributed by atoms with Gasteiger partial charge >= 0.3 is 6.09 Å². The van der Waals surface area contributed by atoms with E-state index in [4.69, 9.17) is 4.74 Å². The van der Waals surface area contributed by atoms with Crippen LogP contribution in [0.25, 0.3) is 5.57 Å². The third kappa shape index (κ3) is 4.17. The number of ether oxygens (including phenoxy) is 1. The number of carbonyl (C=O) groups excluding carboxylic acids is 2. The second-order valence-electron chi connectivity index (χ2n) is 6.37. The van der Waals surface area contributed by atoms with Crippen LogP contribution in [-0.4, -0.2) is 51.8 Å². The van der Waals surface area contributed by atoms with Crippen LogP contribution in [-0.2, 0) is 9.53 Å². The SMILES string of the molecule is CC(=O)NC[C@H]1CN(c2ccc(C3=CCS(O)(O)CC3)c(F)c2)C(=O)O1. The molecule has 142 valence electrons. The smallest absolute Gasteiger partial charge is 0.414 e. The molecule has 3 N–H and O–H groups in total. The Bertz CT molecular complexity index is 768. The molecule has 7 nitrogen and oxygen atoms in total. The quantitative estimate of drug-likeness (QED) is 0.741. The summed E-state index contributed by atoms with van der Waals surface area (Å²) in [4.78, 5) is 24.3. The van der Waals surface area contributed by atoms with Crippen LogP contribution < -0.4 is 10.2 Å². The molecule has 1 aromatic rings. The first kappa shape index (κ1) is 18.7. The van der Waals surface area contributed by atoms with Gasteiger partial charge in [-0.25, -0.2) is 9.18 Å². The highest BCUT2D eigenvalue weighted by atomic mass is 32.3. The second kappa shape index (κ2) is 7.26. The Balaban J connectivity index is 1.73. The Kier molecular flexibility index (Phi) is 5.22. The first-order chi connectivity index (χ1) is 12.2. The first-order valence-corrected chi connectivity index (χ1v) is 10.1. The van der Waals surface area contributed by atoms with Crippen molar-refractivity contribution in [3.63, 3.8) is 0 Å². The van der Waals surface area contributed by atoms with Crippen LogP contribution in [0.3, 0.4) is 0 Å². The Morgan fingerprint density at radius 1 is 1.46 bits per heavy atom. The lowest BCUT2D eigenvalue weighted by molar-refractivity contribution is -0.119. The van der Waals surface area contributed by atoms with Crippen LogP contribution in [0.4, 0.5) is 14.9 Å². The average molecular weight is 384 g/mol. The minimum Gasteiger partial charge on any atom is -0.442 e. The summed E-state index contributed by atoms with van der Waals surface area (Å²) in [6, 6.07) is 4.49. The number of rotatable bonds is 4. The Morgan fingerprint density at radius 2 is 2.23 bits per heavy atom. The molecule has 0 bridgehead atoms. The molecule has 0 radical (unpaired) electrons. The highest BCUT2D eigenvalue weighted by molar-refractivity contribution is 8.24. The van der Waals surface area contributed by atoms with Gasteiger partial charge in [-0.1, -0.05) is 6.08 Å². The predicted octanol–water partition coefficient (Wildman–Crippen LogP) is 2.82. The summed E-state index contributed by atoms with van der Waals surface area (Å²) in [5, 5.41) is 2.59. The van der Waals surface area contributed by atoms with Crippen molar-refractivity contribution >= 4 is 33.9 Å². The first-order valence-electron chi connectivity index (χ1n) is 8.20. The van der Waals surface area contributed by atoms with Crippen LogP contribution >= 0.6 is 10.6 Å². The lowest BCUT2D eigenvalue weighted by Gasteiger charge is -2.35. The monoisotopic (exact) mass is 384 g/mol. The minimum absolute atomic E-state index is 0.132. The van der Waals surface area contributed by atoms with Gasteiger partial charge in [0.15, 0.2) is 0 Å². The van der Waals surface area contributed by atoms with E-state index in [1.807, 2.05) is 0 Å². The number of allylic oxidation sites excluding steroid dienone is 1. The summed E-state index contributed by atoms with van der Waals surface area (Å²) in [5.74, 6) is -0.340. The molecule has 1 saturated heterocycles. The number of hydrogen-bond acceptors (Lipinski definition) is 5. The number of amides is 2. The molecule has 0 saturated carbocycles. The standard InChI is InChI=1S/C17H21FN2O5S/c1-11(21)19-9-14-10-20(17(22)25-14)13-2-3-15(16(18)8-13)12-4-6-26(23,24)7-5-12/h2-4,8,14,23-24H,5-7,9-10H2,1H3,(H,19,21)/t14-/m0/s1. The summed E-state index contributed by atoms with van der Waals surface area (Å²) < 4.78 is 39.0. The summed E-state index contributed by atoms with van der Waals surface area (Å²) in [7, 11) is -2.58. The molecule has 1 atom stereocenters. The Labute approximate surface area is 152 Å². The summed E-state index contributed by atoms with van der Waals surface area (Å²) >= 11 is 0. The summed E-state index contributed by atoms with van der Waals surface area (Å²) in [6.45, 7) is 1.81. The van der Waals surface area contributed by atoms with Crippen molar-refractivity contribution < 1.29 is 27.8 Å². The molecule has 9 heteroatoms. The lowest BCUT2D eigenvalue weighted by Crippen LogP contribution is -2.33. The average Bonchev–Trinajstić information content (AvgIpc) is 2.94. The minimum atomic E-state index is -2.58. The van der Waals surface area contributed by atoms with Crippen LogP contribution in [0.15, 0.2) is 24.3 Å². The number of carbonyl (C=O) groups is 2. The van der Waals surface area contributed by atoms with E-state index in [9.17, 15) is 23.1 Å². The molecular formula is C17H21FN2O5S. The number of hydrogen-bond donors (Lipinski definition) is 3.